The van der Waals surface area contributed by atoms with Crippen LogP contribution in [0.3, 0.4) is 0 Å². The molecule has 0 aliphatic heterocycles. The van der Waals surface area contributed by atoms with E-state index in [4.69, 9.17) is 5.14 Å². The lowest BCUT2D eigenvalue weighted by molar-refractivity contribution is 0.233. The first-order valence-corrected chi connectivity index (χ1v) is 11.0. The zero-order valence-corrected chi connectivity index (χ0v) is 17.2. The predicted molar refractivity (Wildman–Crippen MR) is 115 cm³/mol. The van der Waals surface area contributed by atoms with E-state index in [2.05, 4.69) is 10.6 Å². The lowest BCUT2D eigenvalue weighted by Gasteiger charge is -2.21. The van der Waals surface area contributed by atoms with Crippen LogP contribution in [0.4, 0.5) is 4.79 Å². The minimum absolute atomic E-state index is 0.0464. The molecular formula is C22H25N3O3S. The number of nitrogens with one attached hydrogen (secondary N) is 2. The maximum Gasteiger partial charge on any atom is 0.315 e. The smallest absolute Gasteiger partial charge is 0.315 e. The van der Waals surface area contributed by atoms with Crippen LogP contribution < -0.4 is 15.8 Å². The highest BCUT2D eigenvalue weighted by atomic mass is 32.2. The van der Waals surface area contributed by atoms with Crippen molar-refractivity contribution in [3.63, 3.8) is 0 Å². The SMILES string of the molecule is CC[C@H](NC(=O)N[C@@H](C)c1cccc2ccccc12)c1ccc(S(N)(=O)=O)cc1. The van der Waals surface area contributed by atoms with Crippen molar-refractivity contribution in [2.75, 3.05) is 0 Å². The summed E-state index contributed by atoms with van der Waals surface area (Å²) in [6, 6.07) is 19.6. The van der Waals surface area contributed by atoms with E-state index in [0.717, 1.165) is 21.9 Å². The molecule has 4 N–H and O–H groups in total. The minimum Gasteiger partial charge on any atom is -0.332 e. The van der Waals surface area contributed by atoms with Gasteiger partial charge in [-0.05, 0) is 47.4 Å². The molecule has 29 heavy (non-hydrogen) atoms. The van der Waals surface area contributed by atoms with Gasteiger partial charge in [0.15, 0.2) is 0 Å². The van der Waals surface area contributed by atoms with Gasteiger partial charge in [-0.15, -0.1) is 0 Å². The first kappa shape index (κ1) is 20.8. The van der Waals surface area contributed by atoms with Crippen molar-refractivity contribution in [1.82, 2.24) is 10.6 Å². The van der Waals surface area contributed by atoms with Crippen LogP contribution in [0.2, 0.25) is 0 Å². The van der Waals surface area contributed by atoms with Gasteiger partial charge in [0.05, 0.1) is 17.0 Å². The number of fused-ring (bicyclic) bond motifs is 1. The molecule has 152 valence electrons. The van der Waals surface area contributed by atoms with Gasteiger partial charge < -0.3 is 10.6 Å². The third-order valence-corrected chi connectivity index (χ3v) is 5.89. The number of carbonyl (C=O) groups is 1. The van der Waals surface area contributed by atoms with E-state index >= 15 is 0 Å². The number of rotatable bonds is 6. The summed E-state index contributed by atoms with van der Waals surface area (Å²) in [5, 5.41) is 13.3. The Labute approximate surface area is 171 Å². The quantitative estimate of drug-likeness (QED) is 0.571. The van der Waals surface area contributed by atoms with Crippen LogP contribution in [0, 0.1) is 0 Å². The largest absolute Gasteiger partial charge is 0.332 e. The first-order valence-electron chi connectivity index (χ1n) is 9.47. The summed E-state index contributed by atoms with van der Waals surface area (Å²) in [5.74, 6) is 0. The number of hydrogen-bond acceptors (Lipinski definition) is 3. The van der Waals surface area contributed by atoms with Crippen LogP contribution in [0.25, 0.3) is 10.8 Å². The van der Waals surface area contributed by atoms with Gasteiger partial charge in [-0.3, -0.25) is 0 Å². The zero-order chi connectivity index (χ0) is 21.0. The molecule has 3 rings (SSSR count). The van der Waals surface area contributed by atoms with Crippen molar-refractivity contribution in [3.05, 3.63) is 77.9 Å². The van der Waals surface area contributed by atoms with Crippen molar-refractivity contribution in [2.24, 2.45) is 5.14 Å². The highest BCUT2D eigenvalue weighted by molar-refractivity contribution is 7.89. The average molecular weight is 412 g/mol. The summed E-state index contributed by atoms with van der Waals surface area (Å²) in [4.78, 5) is 12.6. The van der Waals surface area contributed by atoms with Gasteiger partial charge in [0.2, 0.25) is 10.0 Å². The van der Waals surface area contributed by atoms with E-state index in [0.29, 0.717) is 6.42 Å². The van der Waals surface area contributed by atoms with Crippen LogP contribution in [0.15, 0.2) is 71.6 Å². The van der Waals surface area contributed by atoms with Gasteiger partial charge >= 0.3 is 6.03 Å². The Balaban J connectivity index is 1.71. The van der Waals surface area contributed by atoms with E-state index in [-0.39, 0.29) is 23.0 Å². The molecule has 7 heteroatoms. The van der Waals surface area contributed by atoms with Gasteiger partial charge in [-0.1, -0.05) is 61.5 Å². The van der Waals surface area contributed by atoms with E-state index in [9.17, 15) is 13.2 Å². The standard InChI is InChI=1S/C22H25N3O3S/c1-3-21(17-11-13-18(14-12-17)29(23,27)28)25-22(26)24-15(2)19-10-6-8-16-7-4-5-9-20(16)19/h4-15,21H,3H2,1-2H3,(H2,23,27,28)(H2,24,25,26)/t15-,21-/m0/s1. The van der Waals surface area contributed by atoms with E-state index in [1.165, 1.54) is 12.1 Å². The fourth-order valence-electron chi connectivity index (χ4n) is 3.41. The molecule has 2 atom stereocenters. The van der Waals surface area contributed by atoms with Crippen molar-refractivity contribution < 1.29 is 13.2 Å². The van der Waals surface area contributed by atoms with E-state index in [1.807, 2.05) is 56.3 Å². The fourth-order valence-corrected chi connectivity index (χ4v) is 3.93. The number of hydrogen-bond donors (Lipinski definition) is 3. The Hall–Kier alpha value is -2.90. The summed E-state index contributed by atoms with van der Waals surface area (Å²) in [6.07, 6.45) is 0.658. The summed E-state index contributed by atoms with van der Waals surface area (Å²) in [7, 11) is -3.74. The molecule has 0 aromatic heterocycles. The monoisotopic (exact) mass is 411 g/mol. The number of nitrogens with two attached hydrogens (primary N) is 1. The molecule has 0 unspecified atom stereocenters. The number of urea groups is 1. The Kier molecular flexibility index (Phi) is 6.20. The number of sulfonamides is 1. The van der Waals surface area contributed by atoms with Crippen molar-refractivity contribution in [2.45, 2.75) is 37.2 Å². The van der Waals surface area contributed by atoms with Crippen LogP contribution in [-0.2, 0) is 10.0 Å². The third-order valence-electron chi connectivity index (χ3n) is 4.96. The van der Waals surface area contributed by atoms with Crippen LogP contribution in [0.5, 0.6) is 0 Å². The molecule has 0 fully saturated rings. The Morgan fingerprint density at radius 2 is 1.62 bits per heavy atom. The molecule has 6 nitrogen and oxygen atoms in total. The Morgan fingerprint density at radius 3 is 2.28 bits per heavy atom. The average Bonchev–Trinajstić information content (AvgIpc) is 2.71. The summed E-state index contributed by atoms with van der Waals surface area (Å²) < 4.78 is 22.8. The number of primary sulfonamides is 1. The van der Waals surface area contributed by atoms with Crippen LogP contribution in [-0.4, -0.2) is 14.4 Å². The second kappa shape index (κ2) is 8.63. The summed E-state index contributed by atoms with van der Waals surface area (Å²) in [5.41, 5.74) is 1.86. The topological polar surface area (TPSA) is 101 Å². The molecular weight excluding hydrogens is 386 g/mol. The lowest BCUT2D eigenvalue weighted by atomic mass is 10.00. The maximum absolute atomic E-state index is 12.6. The molecule has 0 heterocycles. The Morgan fingerprint density at radius 1 is 0.966 bits per heavy atom. The van der Waals surface area contributed by atoms with Crippen LogP contribution in [0.1, 0.15) is 43.5 Å². The molecule has 0 saturated carbocycles. The molecule has 3 aromatic carbocycles. The van der Waals surface area contributed by atoms with Crippen molar-refractivity contribution >= 4 is 26.8 Å². The van der Waals surface area contributed by atoms with Crippen LogP contribution >= 0.6 is 0 Å². The number of carbonyl (C=O) groups excluding carboxylic acids is 1. The lowest BCUT2D eigenvalue weighted by Crippen LogP contribution is -2.39. The van der Waals surface area contributed by atoms with Gasteiger partial charge in [0, 0.05) is 0 Å². The Bertz CT molecular complexity index is 1110. The second-order valence-electron chi connectivity index (χ2n) is 6.98. The highest BCUT2D eigenvalue weighted by Gasteiger charge is 2.17. The molecule has 3 aromatic rings. The van der Waals surface area contributed by atoms with E-state index < -0.39 is 10.0 Å². The van der Waals surface area contributed by atoms with Crippen molar-refractivity contribution in [3.8, 4) is 0 Å². The summed E-state index contributed by atoms with van der Waals surface area (Å²) >= 11 is 0. The van der Waals surface area contributed by atoms with Gasteiger partial charge in [0.1, 0.15) is 0 Å². The summed E-state index contributed by atoms with van der Waals surface area (Å²) in [6.45, 7) is 3.90. The van der Waals surface area contributed by atoms with Crippen molar-refractivity contribution in [1.29, 1.82) is 0 Å². The highest BCUT2D eigenvalue weighted by Crippen LogP contribution is 2.24. The van der Waals surface area contributed by atoms with Gasteiger partial charge in [-0.25, -0.2) is 18.4 Å². The minimum atomic E-state index is -3.74. The van der Waals surface area contributed by atoms with Gasteiger partial charge in [0.25, 0.3) is 0 Å². The molecule has 0 bridgehead atoms. The second-order valence-corrected chi connectivity index (χ2v) is 8.54. The maximum atomic E-state index is 12.6. The normalized spacial score (nSPS) is 13.6. The molecule has 0 spiro atoms. The third kappa shape index (κ3) is 4.93. The number of amides is 2. The molecule has 0 aliphatic carbocycles. The predicted octanol–water partition coefficient (Wildman–Crippen LogP) is 4.00. The zero-order valence-electron chi connectivity index (χ0n) is 16.4. The number of benzene rings is 3. The molecule has 0 aliphatic rings. The fraction of sp³-hybridized carbons (Fsp3) is 0.227. The molecule has 0 radical (unpaired) electrons. The van der Waals surface area contributed by atoms with E-state index in [1.54, 1.807) is 12.1 Å². The van der Waals surface area contributed by atoms with Gasteiger partial charge in [-0.2, -0.15) is 0 Å². The molecule has 0 saturated heterocycles. The first-order chi connectivity index (χ1) is 13.8. The molecule has 2 amide bonds.